The molecule has 1 aliphatic rings. The van der Waals surface area contributed by atoms with Crippen molar-refractivity contribution in [2.45, 2.75) is 33.5 Å². The van der Waals surface area contributed by atoms with Crippen molar-refractivity contribution in [3.05, 3.63) is 35.7 Å². The highest BCUT2D eigenvalue weighted by Crippen LogP contribution is 2.25. The van der Waals surface area contributed by atoms with Crippen LogP contribution in [-0.4, -0.2) is 44.2 Å². The third-order valence-corrected chi connectivity index (χ3v) is 3.98. The number of urea groups is 1. The van der Waals surface area contributed by atoms with Crippen molar-refractivity contribution in [2.75, 3.05) is 18.5 Å². The first-order valence-electron chi connectivity index (χ1n) is 8.38. The van der Waals surface area contributed by atoms with Crippen molar-refractivity contribution in [3.63, 3.8) is 0 Å². The van der Waals surface area contributed by atoms with Crippen LogP contribution in [0.4, 0.5) is 10.5 Å². The van der Waals surface area contributed by atoms with Gasteiger partial charge in [-0.05, 0) is 18.1 Å². The Kier molecular flexibility index (Phi) is 5.18. The molecule has 2 aromatic rings. The van der Waals surface area contributed by atoms with Crippen LogP contribution >= 0.6 is 0 Å². The monoisotopic (exact) mass is 345 g/mol. The zero-order valence-electron chi connectivity index (χ0n) is 14.5. The van der Waals surface area contributed by atoms with Crippen molar-refractivity contribution in [3.8, 4) is 5.75 Å². The molecular formula is C17H23N5O3. The number of benzene rings is 1. The van der Waals surface area contributed by atoms with E-state index in [1.165, 1.54) is 0 Å². The average molecular weight is 345 g/mol. The lowest BCUT2D eigenvalue weighted by atomic mass is 10.2. The molecule has 0 bridgehead atoms. The van der Waals surface area contributed by atoms with Crippen molar-refractivity contribution in [1.29, 1.82) is 0 Å². The molecule has 25 heavy (non-hydrogen) atoms. The molecule has 0 radical (unpaired) electrons. The SMILES string of the molecule is CC(C)COc1ccccc1NC(=O)N1CCn2nnc(CO)c2C1. The van der Waals surface area contributed by atoms with E-state index < -0.39 is 0 Å². The number of aliphatic hydroxyl groups is 1. The van der Waals surface area contributed by atoms with Gasteiger partial charge in [-0.2, -0.15) is 0 Å². The van der Waals surface area contributed by atoms with Gasteiger partial charge in [0.2, 0.25) is 0 Å². The van der Waals surface area contributed by atoms with E-state index in [1.54, 1.807) is 9.58 Å². The van der Waals surface area contributed by atoms with E-state index in [-0.39, 0.29) is 12.6 Å². The highest BCUT2D eigenvalue weighted by molar-refractivity contribution is 5.91. The molecule has 2 amide bonds. The molecule has 1 aromatic carbocycles. The summed E-state index contributed by atoms with van der Waals surface area (Å²) in [6, 6.07) is 7.19. The molecule has 2 N–H and O–H groups in total. The highest BCUT2D eigenvalue weighted by Gasteiger charge is 2.25. The zero-order valence-corrected chi connectivity index (χ0v) is 14.5. The minimum Gasteiger partial charge on any atom is -0.491 e. The van der Waals surface area contributed by atoms with E-state index in [1.807, 2.05) is 24.3 Å². The lowest BCUT2D eigenvalue weighted by molar-refractivity contribution is 0.192. The summed E-state index contributed by atoms with van der Waals surface area (Å²) in [5.74, 6) is 1.06. The molecule has 8 heteroatoms. The van der Waals surface area contributed by atoms with Gasteiger partial charge < -0.3 is 20.1 Å². The first-order chi connectivity index (χ1) is 12.1. The second-order valence-corrected chi connectivity index (χ2v) is 6.42. The van der Waals surface area contributed by atoms with Crippen molar-refractivity contribution in [2.24, 2.45) is 5.92 Å². The van der Waals surface area contributed by atoms with E-state index >= 15 is 0 Å². The number of anilines is 1. The van der Waals surface area contributed by atoms with Crippen LogP contribution in [0.5, 0.6) is 5.75 Å². The van der Waals surface area contributed by atoms with Crippen molar-refractivity contribution in [1.82, 2.24) is 19.9 Å². The molecule has 0 unspecified atom stereocenters. The molecule has 1 aliphatic heterocycles. The summed E-state index contributed by atoms with van der Waals surface area (Å²) in [6.07, 6.45) is 0. The summed E-state index contributed by atoms with van der Waals surface area (Å²) in [6.45, 7) is 6.00. The predicted octanol–water partition coefficient (Wildman–Crippen LogP) is 1.85. The molecule has 0 atom stereocenters. The Balaban J connectivity index is 1.69. The number of rotatable bonds is 5. The topological polar surface area (TPSA) is 92.5 Å². The van der Waals surface area contributed by atoms with Gasteiger partial charge in [0, 0.05) is 6.54 Å². The van der Waals surface area contributed by atoms with E-state index in [9.17, 15) is 9.90 Å². The van der Waals surface area contributed by atoms with Gasteiger partial charge in [0.25, 0.3) is 0 Å². The van der Waals surface area contributed by atoms with Crippen LogP contribution in [0.1, 0.15) is 25.2 Å². The van der Waals surface area contributed by atoms with E-state index in [4.69, 9.17) is 4.74 Å². The Hall–Kier alpha value is -2.61. The Morgan fingerprint density at radius 3 is 2.92 bits per heavy atom. The summed E-state index contributed by atoms with van der Waals surface area (Å²) < 4.78 is 7.51. The Morgan fingerprint density at radius 2 is 2.16 bits per heavy atom. The first-order valence-corrected chi connectivity index (χ1v) is 8.38. The lowest BCUT2D eigenvalue weighted by Gasteiger charge is -2.28. The minimum atomic E-state index is -0.211. The quantitative estimate of drug-likeness (QED) is 0.863. The standard InChI is InChI=1S/C17H23N5O3/c1-12(2)11-25-16-6-4-3-5-13(16)18-17(24)21-7-8-22-15(9-21)14(10-23)19-20-22/h3-6,12,23H,7-11H2,1-2H3,(H,18,24). The van der Waals surface area contributed by atoms with Crippen LogP contribution in [0.2, 0.25) is 0 Å². The number of ether oxygens (including phenoxy) is 1. The Bertz CT molecular complexity index is 730. The second kappa shape index (κ2) is 7.52. The molecule has 3 rings (SSSR count). The van der Waals surface area contributed by atoms with E-state index in [0.29, 0.717) is 49.3 Å². The number of carbonyl (C=O) groups is 1. The third-order valence-electron chi connectivity index (χ3n) is 3.98. The first kappa shape index (κ1) is 17.2. The third kappa shape index (κ3) is 3.90. The number of carbonyl (C=O) groups excluding carboxylic acids is 1. The summed E-state index contributed by atoms with van der Waals surface area (Å²) in [5, 5.41) is 20.2. The van der Waals surface area contributed by atoms with Crippen molar-refractivity contribution < 1.29 is 14.6 Å². The lowest BCUT2D eigenvalue weighted by Crippen LogP contribution is -2.41. The predicted molar refractivity (Wildman–Crippen MR) is 92.1 cm³/mol. The minimum absolute atomic E-state index is 0.184. The zero-order chi connectivity index (χ0) is 17.8. The number of aliphatic hydroxyl groups excluding tert-OH is 1. The number of para-hydroxylation sites is 2. The number of hydrogen-bond acceptors (Lipinski definition) is 5. The van der Waals surface area contributed by atoms with Gasteiger partial charge in [-0.3, -0.25) is 0 Å². The maximum Gasteiger partial charge on any atom is 0.322 e. The smallest absolute Gasteiger partial charge is 0.322 e. The highest BCUT2D eigenvalue weighted by atomic mass is 16.5. The summed E-state index contributed by atoms with van der Waals surface area (Å²) in [4.78, 5) is 14.3. The summed E-state index contributed by atoms with van der Waals surface area (Å²) in [7, 11) is 0. The average Bonchev–Trinajstić information content (AvgIpc) is 3.03. The molecule has 8 nitrogen and oxygen atoms in total. The van der Waals surface area contributed by atoms with Gasteiger partial charge in [-0.15, -0.1) is 5.10 Å². The number of amides is 2. The molecule has 0 spiro atoms. The van der Waals surface area contributed by atoms with Crippen molar-refractivity contribution >= 4 is 11.7 Å². The number of hydrogen-bond donors (Lipinski definition) is 2. The van der Waals surface area contributed by atoms with Gasteiger partial charge in [0.05, 0.1) is 37.7 Å². The van der Waals surface area contributed by atoms with E-state index in [2.05, 4.69) is 29.5 Å². The van der Waals surface area contributed by atoms with Gasteiger partial charge in [0.1, 0.15) is 11.4 Å². The summed E-state index contributed by atoms with van der Waals surface area (Å²) >= 11 is 0. The summed E-state index contributed by atoms with van der Waals surface area (Å²) in [5.41, 5.74) is 1.93. The largest absolute Gasteiger partial charge is 0.491 e. The molecule has 1 aromatic heterocycles. The molecule has 2 heterocycles. The van der Waals surface area contributed by atoms with Crippen LogP contribution in [0.15, 0.2) is 24.3 Å². The van der Waals surface area contributed by atoms with Gasteiger partial charge in [0.15, 0.2) is 0 Å². The van der Waals surface area contributed by atoms with E-state index in [0.717, 1.165) is 5.69 Å². The number of nitrogens with zero attached hydrogens (tertiary/aromatic N) is 4. The van der Waals surface area contributed by atoms with Gasteiger partial charge in [-0.25, -0.2) is 9.48 Å². The number of fused-ring (bicyclic) bond motifs is 1. The molecule has 0 saturated carbocycles. The van der Waals surface area contributed by atoms with Gasteiger partial charge in [-0.1, -0.05) is 31.2 Å². The fourth-order valence-corrected chi connectivity index (χ4v) is 2.64. The second-order valence-electron chi connectivity index (χ2n) is 6.42. The number of nitrogens with one attached hydrogen (secondary N) is 1. The van der Waals surface area contributed by atoms with Gasteiger partial charge >= 0.3 is 6.03 Å². The van der Waals surface area contributed by atoms with Crippen LogP contribution in [-0.2, 0) is 19.7 Å². The fraction of sp³-hybridized carbons (Fsp3) is 0.471. The molecule has 134 valence electrons. The van der Waals surface area contributed by atoms with Crippen LogP contribution in [0.3, 0.4) is 0 Å². The van der Waals surface area contributed by atoms with Crippen LogP contribution in [0.25, 0.3) is 0 Å². The Labute approximate surface area is 146 Å². The fourth-order valence-electron chi connectivity index (χ4n) is 2.64. The van der Waals surface area contributed by atoms with Crippen LogP contribution < -0.4 is 10.1 Å². The molecule has 0 saturated heterocycles. The molecular weight excluding hydrogens is 322 g/mol. The Morgan fingerprint density at radius 1 is 1.36 bits per heavy atom. The molecule has 0 aliphatic carbocycles. The maximum atomic E-state index is 12.6. The number of aromatic nitrogens is 3. The maximum absolute atomic E-state index is 12.6. The normalized spacial score (nSPS) is 13.7. The van der Waals surface area contributed by atoms with Crippen LogP contribution in [0, 0.1) is 5.92 Å². The molecule has 0 fully saturated rings.